The Morgan fingerprint density at radius 3 is 2.21 bits per heavy atom. The van der Waals surface area contributed by atoms with Gasteiger partial charge in [-0.15, -0.1) is 0 Å². The first-order valence-corrected chi connectivity index (χ1v) is 7.65. The summed E-state index contributed by atoms with van der Waals surface area (Å²) >= 11 is 0. The number of benzene rings is 1. The van der Waals surface area contributed by atoms with Crippen LogP contribution in [-0.2, 0) is 6.54 Å². The Kier molecular flexibility index (Phi) is 7.76. The van der Waals surface area contributed by atoms with Gasteiger partial charge in [-0.05, 0) is 49.5 Å². The highest BCUT2D eigenvalue weighted by Gasteiger charge is 2.05. The molecule has 2 heteroatoms. The lowest BCUT2D eigenvalue weighted by molar-refractivity contribution is 0.445. The van der Waals surface area contributed by atoms with Crippen LogP contribution in [0.5, 0.6) is 0 Å². The van der Waals surface area contributed by atoms with Crippen LogP contribution in [0.4, 0.5) is 0 Å². The molecule has 2 atom stereocenters. The van der Waals surface area contributed by atoms with Gasteiger partial charge in [-0.3, -0.25) is 0 Å². The van der Waals surface area contributed by atoms with Crippen LogP contribution in [0, 0.1) is 5.92 Å². The van der Waals surface area contributed by atoms with E-state index in [1.165, 1.54) is 24.0 Å². The van der Waals surface area contributed by atoms with E-state index in [2.05, 4.69) is 55.7 Å². The van der Waals surface area contributed by atoms with E-state index >= 15 is 0 Å². The van der Waals surface area contributed by atoms with Crippen molar-refractivity contribution in [3.63, 3.8) is 0 Å². The monoisotopic (exact) mass is 262 g/mol. The van der Waals surface area contributed by atoms with Gasteiger partial charge < -0.3 is 10.6 Å². The second-order valence-corrected chi connectivity index (χ2v) is 5.51. The molecule has 108 valence electrons. The molecule has 0 bridgehead atoms. The highest BCUT2D eigenvalue weighted by molar-refractivity contribution is 5.24. The smallest absolute Gasteiger partial charge is 0.0205 e. The Labute approximate surface area is 119 Å². The van der Waals surface area contributed by atoms with Crippen molar-refractivity contribution in [1.82, 2.24) is 10.6 Å². The molecule has 1 aromatic rings. The summed E-state index contributed by atoms with van der Waals surface area (Å²) < 4.78 is 0. The van der Waals surface area contributed by atoms with E-state index in [0.29, 0.717) is 5.92 Å². The van der Waals surface area contributed by atoms with Crippen LogP contribution >= 0.6 is 0 Å². The molecule has 2 nitrogen and oxygen atoms in total. The van der Waals surface area contributed by atoms with E-state index in [1.807, 2.05) is 7.05 Å². The van der Waals surface area contributed by atoms with E-state index in [1.54, 1.807) is 0 Å². The second-order valence-electron chi connectivity index (χ2n) is 5.51. The standard InChI is InChI=1S/C17H30N2/c1-5-14(3)17-9-7-16(8-10-17)13-19-12-15(6-2)11-18-4/h7-10,14-15,18-19H,5-6,11-13H2,1-4H3. The molecule has 0 aromatic heterocycles. The third-order valence-corrected chi connectivity index (χ3v) is 3.99. The number of hydrogen-bond donors (Lipinski definition) is 2. The van der Waals surface area contributed by atoms with Crippen LogP contribution < -0.4 is 10.6 Å². The topological polar surface area (TPSA) is 24.1 Å². The molecular weight excluding hydrogens is 232 g/mol. The molecule has 0 fully saturated rings. The van der Waals surface area contributed by atoms with E-state index in [-0.39, 0.29) is 0 Å². The van der Waals surface area contributed by atoms with Crippen LogP contribution in [0.1, 0.15) is 50.7 Å². The highest BCUT2D eigenvalue weighted by atomic mass is 14.9. The Morgan fingerprint density at radius 2 is 1.68 bits per heavy atom. The van der Waals surface area contributed by atoms with Crippen LogP contribution in [0.3, 0.4) is 0 Å². The minimum absolute atomic E-state index is 0.669. The van der Waals surface area contributed by atoms with E-state index < -0.39 is 0 Å². The van der Waals surface area contributed by atoms with Crippen LogP contribution in [-0.4, -0.2) is 20.1 Å². The first-order chi connectivity index (χ1) is 9.21. The van der Waals surface area contributed by atoms with Gasteiger partial charge in [0.2, 0.25) is 0 Å². The molecule has 0 heterocycles. The van der Waals surface area contributed by atoms with Crippen molar-refractivity contribution in [2.24, 2.45) is 5.92 Å². The van der Waals surface area contributed by atoms with Gasteiger partial charge >= 0.3 is 0 Å². The summed E-state index contributed by atoms with van der Waals surface area (Å²) in [7, 11) is 2.02. The van der Waals surface area contributed by atoms with Crippen LogP contribution in [0.2, 0.25) is 0 Å². The lowest BCUT2D eigenvalue weighted by atomic mass is 9.97. The Morgan fingerprint density at radius 1 is 1.00 bits per heavy atom. The van der Waals surface area contributed by atoms with Crippen LogP contribution in [0.25, 0.3) is 0 Å². The van der Waals surface area contributed by atoms with Gasteiger partial charge in [0.05, 0.1) is 0 Å². The van der Waals surface area contributed by atoms with Crippen molar-refractivity contribution in [1.29, 1.82) is 0 Å². The van der Waals surface area contributed by atoms with Gasteiger partial charge in [0, 0.05) is 6.54 Å². The molecule has 1 aromatic carbocycles. The van der Waals surface area contributed by atoms with Gasteiger partial charge in [0.1, 0.15) is 0 Å². The maximum atomic E-state index is 3.56. The van der Waals surface area contributed by atoms with Crippen LogP contribution in [0.15, 0.2) is 24.3 Å². The predicted octanol–water partition coefficient (Wildman–Crippen LogP) is 3.54. The Bertz CT molecular complexity index is 332. The third-order valence-electron chi connectivity index (χ3n) is 3.99. The molecular formula is C17H30N2. The molecule has 0 spiro atoms. The van der Waals surface area contributed by atoms with Crippen molar-refractivity contribution in [2.45, 2.75) is 46.1 Å². The molecule has 0 aliphatic carbocycles. The summed E-state index contributed by atoms with van der Waals surface area (Å²) in [6.45, 7) is 9.94. The van der Waals surface area contributed by atoms with Crippen molar-refractivity contribution in [3.8, 4) is 0 Å². The fourth-order valence-corrected chi connectivity index (χ4v) is 2.27. The SMILES string of the molecule is CCC(CNC)CNCc1ccc(C(C)CC)cc1. The second kappa shape index (κ2) is 9.11. The summed E-state index contributed by atoms with van der Waals surface area (Å²) in [6, 6.07) is 9.06. The van der Waals surface area contributed by atoms with Gasteiger partial charge in [0.15, 0.2) is 0 Å². The molecule has 0 aliphatic heterocycles. The normalized spacial score (nSPS) is 14.3. The van der Waals surface area contributed by atoms with E-state index in [9.17, 15) is 0 Å². The zero-order chi connectivity index (χ0) is 14.1. The first kappa shape index (κ1) is 16.2. The fourth-order valence-electron chi connectivity index (χ4n) is 2.27. The third kappa shape index (κ3) is 5.75. The lowest BCUT2D eigenvalue weighted by Gasteiger charge is -2.15. The predicted molar refractivity (Wildman–Crippen MR) is 84.6 cm³/mol. The molecule has 0 saturated carbocycles. The number of nitrogens with one attached hydrogen (secondary N) is 2. The minimum atomic E-state index is 0.669. The Balaban J connectivity index is 2.37. The molecule has 0 aliphatic rings. The largest absolute Gasteiger partial charge is 0.319 e. The lowest BCUT2D eigenvalue weighted by Crippen LogP contribution is -2.29. The highest BCUT2D eigenvalue weighted by Crippen LogP contribution is 2.18. The molecule has 2 unspecified atom stereocenters. The van der Waals surface area contributed by atoms with Crippen molar-refractivity contribution in [3.05, 3.63) is 35.4 Å². The maximum Gasteiger partial charge on any atom is 0.0205 e. The maximum absolute atomic E-state index is 3.56. The molecule has 0 saturated heterocycles. The summed E-state index contributed by atoms with van der Waals surface area (Å²) in [5.41, 5.74) is 2.83. The zero-order valence-corrected chi connectivity index (χ0v) is 13.0. The quantitative estimate of drug-likeness (QED) is 0.711. The number of rotatable bonds is 9. The number of hydrogen-bond acceptors (Lipinski definition) is 2. The summed E-state index contributed by atoms with van der Waals surface area (Å²) in [5, 5.41) is 6.81. The average molecular weight is 262 g/mol. The summed E-state index contributed by atoms with van der Waals surface area (Å²) in [4.78, 5) is 0. The van der Waals surface area contributed by atoms with Crippen molar-refractivity contribution < 1.29 is 0 Å². The van der Waals surface area contributed by atoms with Gasteiger partial charge in [-0.2, -0.15) is 0 Å². The van der Waals surface area contributed by atoms with Gasteiger partial charge in [-0.1, -0.05) is 51.5 Å². The first-order valence-electron chi connectivity index (χ1n) is 7.65. The summed E-state index contributed by atoms with van der Waals surface area (Å²) in [6.07, 6.45) is 2.43. The van der Waals surface area contributed by atoms with Crippen molar-refractivity contribution >= 4 is 0 Å². The zero-order valence-electron chi connectivity index (χ0n) is 13.0. The summed E-state index contributed by atoms with van der Waals surface area (Å²) in [5.74, 6) is 1.39. The minimum Gasteiger partial charge on any atom is -0.319 e. The van der Waals surface area contributed by atoms with Gasteiger partial charge in [-0.25, -0.2) is 0 Å². The van der Waals surface area contributed by atoms with Gasteiger partial charge in [0.25, 0.3) is 0 Å². The molecule has 0 radical (unpaired) electrons. The van der Waals surface area contributed by atoms with E-state index in [0.717, 1.165) is 25.6 Å². The fraction of sp³-hybridized carbons (Fsp3) is 0.647. The molecule has 2 N–H and O–H groups in total. The van der Waals surface area contributed by atoms with Crippen molar-refractivity contribution in [2.75, 3.05) is 20.1 Å². The van der Waals surface area contributed by atoms with E-state index in [4.69, 9.17) is 0 Å². The Hall–Kier alpha value is -0.860. The average Bonchev–Trinajstić information content (AvgIpc) is 2.46. The molecule has 0 amide bonds. The molecule has 1 rings (SSSR count). The molecule has 19 heavy (non-hydrogen) atoms.